The number of aryl methyl sites for hydroxylation is 1. The van der Waals surface area contributed by atoms with Gasteiger partial charge in [-0.3, -0.25) is 14.1 Å². The van der Waals surface area contributed by atoms with Crippen molar-refractivity contribution in [3.8, 4) is 0 Å². The van der Waals surface area contributed by atoms with Crippen molar-refractivity contribution in [1.29, 1.82) is 0 Å². The van der Waals surface area contributed by atoms with E-state index in [1.165, 1.54) is 17.8 Å². The van der Waals surface area contributed by atoms with Gasteiger partial charge in [0.25, 0.3) is 5.56 Å². The number of rotatable bonds is 5. The highest BCUT2D eigenvalue weighted by atomic mass is 32.1. The van der Waals surface area contributed by atoms with Crippen LogP contribution in [-0.2, 0) is 13.1 Å². The first-order valence-corrected chi connectivity index (χ1v) is 9.13. The third-order valence-corrected chi connectivity index (χ3v) is 5.59. The molecule has 0 radical (unpaired) electrons. The molecule has 1 aliphatic rings. The van der Waals surface area contributed by atoms with E-state index in [0.29, 0.717) is 19.0 Å². The summed E-state index contributed by atoms with van der Waals surface area (Å²) in [4.78, 5) is 19.7. The summed E-state index contributed by atoms with van der Waals surface area (Å²) in [6.45, 7) is 5.52. The standard InChI is InChI=1S/C18H21N3O2S/c1-11-6-15(11)16-5-4-14(23-16)9-20(3)8-13-7-17(22)21-12(2)10-24-18(21)19-13/h4-5,7,10-11,15H,6,8-9H2,1-3H3/t11-,15-/m1/s1. The number of furan rings is 1. The summed E-state index contributed by atoms with van der Waals surface area (Å²) in [7, 11) is 2.02. The van der Waals surface area contributed by atoms with E-state index < -0.39 is 0 Å². The third kappa shape index (κ3) is 2.91. The summed E-state index contributed by atoms with van der Waals surface area (Å²) in [5.41, 5.74) is 1.72. The van der Waals surface area contributed by atoms with Gasteiger partial charge in [0, 0.05) is 29.6 Å². The fourth-order valence-corrected chi connectivity index (χ4v) is 4.07. The monoisotopic (exact) mass is 343 g/mol. The molecule has 0 N–H and O–H groups in total. The van der Waals surface area contributed by atoms with Gasteiger partial charge in [0.1, 0.15) is 11.5 Å². The molecule has 5 nitrogen and oxygen atoms in total. The Labute approximate surface area is 144 Å². The Morgan fingerprint density at radius 1 is 1.42 bits per heavy atom. The number of fused-ring (bicyclic) bond motifs is 1. The van der Waals surface area contributed by atoms with Gasteiger partial charge in [0.05, 0.1) is 12.2 Å². The van der Waals surface area contributed by atoms with Crippen molar-refractivity contribution in [2.75, 3.05) is 7.05 Å². The van der Waals surface area contributed by atoms with Gasteiger partial charge in [-0.1, -0.05) is 6.92 Å². The van der Waals surface area contributed by atoms with Crippen molar-refractivity contribution in [1.82, 2.24) is 14.3 Å². The lowest BCUT2D eigenvalue weighted by Gasteiger charge is -2.14. The topological polar surface area (TPSA) is 50.8 Å². The highest BCUT2D eigenvalue weighted by Gasteiger charge is 2.36. The summed E-state index contributed by atoms with van der Waals surface area (Å²) >= 11 is 1.50. The minimum absolute atomic E-state index is 0.00911. The summed E-state index contributed by atoms with van der Waals surface area (Å²) < 4.78 is 7.61. The Bertz CT molecular complexity index is 939. The number of hydrogen-bond acceptors (Lipinski definition) is 5. The van der Waals surface area contributed by atoms with Crippen LogP contribution >= 0.6 is 11.3 Å². The van der Waals surface area contributed by atoms with Gasteiger partial charge in [0.15, 0.2) is 4.96 Å². The fraction of sp³-hybridized carbons (Fsp3) is 0.444. The van der Waals surface area contributed by atoms with Crippen molar-refractivity contribution in [2.45, 2.75) is 39.3 Å². The highest BCUT2D eigenvalue weighted by Crippen LogP contribution is 2.47. The van der Waals surface area contributed by atoms with Gasteiger partial charge in [-0.2, -0.15) is 0 Å². The smallest absolute Gasteiger partial charge is 0.259 e. The van der Waals surface area contributed by atoms with E-state index in [9.17, 15) is 4.79 Å². The molecular weight excluding hydrogens is 322 g/mol. The van der Waals surface area contributed by atoms with E-state index in [1.54, 1.807) is 10.5 Å². The van der Waals surface area contributed by atoms with Gasteiger partial charge in [-0.05, 0) is 38.4 Å². The Kier molecular flexibility index (Phi) is 3.81. The van der Waals surface area contributed by atoms with Crippen LogP contribution in [-0.4, -0.2) is 21.3 Å². The zero-order valence-electron chi connectivity index (χ0n) is 14.2. The largest absolute Gasteiger partial charge is 0.464 e. The third-order valence-electron chi connectivity index (χ3n) is 4.64. The molecule has 0 aliphatic heterocycles. The average molecular weight is 343 g/mol. The molecule has 2 atom stereocenters. The molecule has 3 heterocycles. The summed E-state index contributed by atoms with van der Waals surface area (Å²) in [6, 6.07) is 5.79. The molecule has 3 aromatic heterocycles. The zero-order valence-corrected chi connectivity index (χ0v) is 15.0. The highest BCUT2D eigenvalue weighted by molar-refractivity contribution is 7.15. The molecule has 3 aromatic rings. The lowest BCUT2D eigenvalue weighted by molar-refractivity contribution is 0.280. The first-order valence-electron chi connectivity index (χ1n) is 8.25. The van der Waals surface area contributed by atoms with Gasteiger partial charge in [-0.25, -0.2) is 4.98 Å². The molecule has 0 saturated heterocycles. The van der Waals surface area contributed by atoms with E-state index in [2.05, 4.69) is 28.9 Å². The van der Waals surface area contributed by atoms with Crippen LogP contribution in [0.25, 0.3) is 4.96 Å². The Morgan fingerprint density at radius 2 is 2.21 bits per heavy atom. The number of hydrogen-bond donors (Lipinski definition) is 0. The Hall–Kier alpha value is -1.92. The quantitative estimate of drug-likeness (QED) is 0.712. The maximum Gasteiger partial charge on any atom is 0.259 e. The average Bonchev–Trinajstić information content (AvgIpc) is 2.92. The minimum atomic E-state index is -0.00911. The molecule has 0 aromatic carbocycles. The molecule has 1 aliphatic carbocycles. The molecule has 4 rings (SSSR count). The first kappa shape index (κ1) is 15.6. The molecule has 1 fully saturated rings. The van der Waals surface area contributed by atoms with Crippen LogP contribution in [0.4, 0.5) is 0 Å². The van der Waals surface area contributed by atoms with Crippen molar-refractivity contribution < 1.29 is 4.42 Å². The molecule has 0 spiro atoms. The zero-order chi connectivity index (χ0) is 16.8. The molecule has 0 bridgehead atoms. The summed E-state index contributed by atoms with van der Waals surface area (Å²) in [5.74, 6) is 3.43. The van der Waals surface area contributed by atoms with E-state index in [4.69, 9.17) is 4.42 Å². The second-order valence-electron chi connectivity index (χ2n) is 6.88. The van der Waals surface area contributed by atoms with Gasteiger partial charge in [-0.15, -0.1) is 11.3 Å². The van der Waals surface area contributed by atoms with E-state index in [-0.39, 0.29) is 5.56 Å². The lowest BCUT2D eigenvalue weighted by atomic mass is 10.3. The first-order chi connectivity index (χ1) is 11.5. The second-order valence-corrected chi connectivity index (χ2v) is 7.71. The van der Waals surface area contributed by atoms with Crippen LogP contribution in [0, 0.1) is 12.8 Å². The van der Waals surface area contributed by atoms with Crippen LogP contribution in [0.1, 0.15) is 42.2 Å². The van der Waals surface area contributed by atoms with E-state index in [0.717, 1.165) is 33.8 Å². The van der Waals surface area contributed by atoms with Crippen molar-refractivity contribution >= 4 is 16.3 Å². The van der Waals surface area contributed by atoms with Crippen LogP contribution in [0.15, 0.2) is 32.8 Å². The number of nitrogens with zero attached hydrogens (tertiary/aromatic N) is 3. The van der Waals surface area contributed by atoms with Crippen molar-refractivity contribution in [3.05, 3.63) is 56.8 Å². The van der Waals surface area contributed by atoms with Crippen LogP contribution in [0.2, 0.25) is 0 Å². The SMILES string of the molecule is Cc1csc2nc(CN(C)Cc3ccc([C@@H]4C[C@H]4C)o3)cc(=O)n12. The summed E-state index contributed by atoms with van der Waals surface area (Å²) in [5, 5.41) is 1.96. The summed E-state index contributed by atoms with van der Waals surface area (Å²) in [6.07, 6.45) is 1.23. The molecule has 6 heteroatoms. The fourth-order valence-electron chi connectivity index (χ4n) is 3.18. The maximum absolute atomic E-state index is 12.2. The normalized spacial score (nSPS) is 20.2. The van der Waals surface area contributed by atoms with Gasteiger partial charge in [0.2, 0.25) is 0 Å². The number of thiazole rings is 1. The number of aromatic nitrogens is 2. The lowest BCUT2D eigenvalue weighted by Crippen LogP contribution is -2.21. The van der Waals surface area contributed by atoms with Crippen LogP contribution in [0.3, 0.4) is 0 Å². The van der Waals surface area contributed by atoms with Crippen LogP contribution in [0.5, 0.6) is 0 Å². The van der Waals surface area contributed by atoms with Crippen LogP contribution < -0.4 is 5.56 Å². The van der Waals surface area contributed by atoms with E-state index in [1.807, 2.05) is 19.4 Å². The molecule has 0 unspecified atom stereocenters. The molecular formula is C18H21N3O2S. The molecule has 126 valence electrons. The van der Waals surface area contributed by atoms with Crippen molar-refractivity contribution in [2.24, 2.45) is 5.92 Å². The van der Waals surface area contributed by atoms with E-state index >= 15 is 0 Å². The van der Waals surface area contributed by atoms with Gasteiger partial charge < -0.3 is 4.42 Å². The predicted molar refractivity (Wildman–Crippen MR) is 94.5 cm³/mol. The molecule has 24 heavy (non-hydrogen) atoms. The van der Waals surface area contributed by atoms with Gasteiger partial charge >= 0.3 is 0 Å². The van der Waals surface area contributed by atoms with Crippen molar-refractivity contribution in [3.63, 3.8) is 0 Å². The molecule has 0 amide bonds. The molecule has 1 saturated carbocycles. The Balaban J connectivity index is 1.46. The minimum Gasteiger partial charge on any atom is -0.464 e. The maximum atomic E-state index is 12.2. The predicted octanol–water partition coefficient (Wildman–Crippen LogP) is 3.41. The Morgan fingerprint density at radius 3 is 2.96 bits per heavy atom. The second kappa shape index (κ2) is 5.86.